The normalized spacial score (nSPS) is 20.0. The molecule has 0 aromatic heterocycles. The number of thioether (sulfide) groups is 2. The van der Waals surface area contributed by atoms with Crippen LogP contribution in [0, 0.1) is 0 Å². The molecule has 1 heterocycles. The summed E-state index contributed by atoms with van der Waals surface area (Å²) in [6, 6.07) is 8.55. The van der Waals surface area contributed by atoms with Gasteiger partial charge in [0.15, 0.2) is 0 Å². The van der Waals surface area contributed by atoms with Gasteiger partial charge in [0.1, 0.15) is 5.37 Å². The maximum atomic E-state index is 11.8. The van der Waals surface area contributed by atoms with Gasteiger partial charge in [-0.2, -0.15) is 0 Å². The third kappa shape index (κ3) is 2.80. The van der Waals surface area contributed by atoms with Crippen molar-refractivity contribution in [2.24, 2.45) is 0 Å². The van der Waals surface area contributed by atoms with E-state index < -0.39 is 0 Å². The molecule has 0 spiro atoms. The van der Waals surface area contributed by atoms with Crippen LogP contribution in [0.25, 0.3) is 0 Å². The van der Waals surface area contributed by atoms with Gasteiger partial charge in [-0.15, -0.1) is 23.5 Å². The number of hydrogen-bond donors (Lipinski definition) is 0. The third-order valence-corrected chi connectivity index (χ3v) is 4.83. The summed E-state index contributed by atoms with van der Waals surface area (Å²) in [5, 5.41) is 0.221. The first kappa shape index (κ1) is 12.8. The first-order valence-corrected chi connectivity index (χ1v) is 8.08. The van der Waals surface area contributed by atoms with Crippen LogP contribution >= 0.6 is 23.5 Å². The zero-order chi connectivity index (χ0) is 12.3. The first-order chi connectivity index (χ1) is 8.26. The van der Waals surface area contributed by atoms with Crippen molar-refractivity contribution in [1.82, 2.24) is 4.90 Å². The lowest BCUT2D eigenvalue weighted by Crippen LogP contribution is -2.28. The van der Waals surface area contributed by atoms with Gasteiger partial charge in [0.05, 0.1) is 5.75 Å². The molecule has 1 aromatic rings. The minimum atomic E-state index is 0.221. The number of carbonyl (C=O) groups excluding carboxylic acids is 1. The second kappa shape index (κ2) is 5.83. The molecule has 0 N–H and O–H groups in total. The van der Waals surface area contributed by atoms with E-state index in [0.29, 0.717) is 5.75 Å². The molecule has 0 radical (unpaired) electrons. The molecule has 1 fully saturated rings. The molecule has 1 amide bonds. The molecule has 17 heavy (non-hydrogen) atoms. The van der Waals surface area contributed by atoms with Crippen molar-refractivity contribution in [3.63, 3.8) is 0 Å². The lowest BCUT2D eigenvalue weighted by atomic mass is 10.2. The van der Waals surface area contributed by atoms with Gasteiger partial charge in [0.2, 0.25) is 5.91 Å². The van der Waals surface area contributed by atoms with Crippen molar-refractivity contribution in [2.45, 2.75) is 23.6 Å². The van der Waals surface area contributed by atoms with Gasteiger partial charge >= 0.3 is 0 Å². The summed E-state index contributed by atoms with van der Waals surface area (Å²) in [4.78, 5) is 15.0. The highest BCUT2D eigenvalue weighted by atomic mass is 32.2. The lowest BCUT2D eigenvalue weighted by Gasteiger charge is -2.23. The standard InChI is InChI=1S/C13H17NOS2/c1-3-8-14-12(15)9-17-13(14)10-4-6-11(16-2)7-5-10/h4-7,13H,3,8-9H2,1-2H3. The van der Waals surface area contributed by atoms with Crippen LogP contribution < -0.4 is 0 Å². The fourth-order valence-corrected chi connectivity index (χ4v) is 3.61. The third-order valence-electron chi connectivity index (χ3n) is 2.83. The van der Waals surface area contributed by atoms with E-state index in [-0.39, 0.29) is 11.3 Å². The SMILES string of the molecule is CCCN1C(=O)CSC1c1ccc(SC)cc1. The van der Waals surface area contributed by atoms with Crippen molar-refractivity contribution in [3.8, 4) is 0 Å². The largest absolute Gasteiger partial charge is 0.326 e. The van der Waals surface area contributed by atoms with Gasteiger partial charge in [-0.25, -0.2) is 0 Å². The van der Waals surface area contributed by atoms with Crippen LogP contribution in [0.2, 0.25) is 0 Å². The van der Waals surface area contributed by atoms with Gasteiger partial charge < -0.3 is 4.90 Å². The van der Waals surface area contributed by atoms with E-state index in [0.717, 1.165) is 13.0 Å². The predicted molar refractivity (Wildman–Crippen MR) is 75.4 cm³/mol. The summed E-state index contributed by atoms with van der Waals surface area (Å²) in [5.41, 5.74) is 1.24. The van der Waals surface area contributed by atoms with E-state index in [2.05, 4.69) is 37.4 Å². The Hall–Kier alpha value is -0.610. The van der Waals surface area contributed by atoms with E-state index in [1.807, 2.05) is 4.90 Å². The van der Waals surface area contributed by atoms with Gasteiger partial charge in [-0.05, 0) is 30.4 Å². The Balaban J connectivity index is 2.17. The Labute approximate surface area is 111 Å². The molecule has 1 saturated heterocycles. The molecule has 0 bridgehead atoms. The molecule has 4 heteroatoms. The van der Waals surface area contributed by atoms with Crippen molar-refractivity contribution < 1.29 is 4.79 Å². The second-order valence-electron chi connectivity index (χ2n) is 4.02. The number of rotatable bonds is 4. The van der Waals surface area contributed by atoms with Gasteiger partial charge in [0.25, 0.3) is 0 Å². The van der Waals surface area contributed by atoms with Crippen LogP contribution in [0.5, 0.6) is 0 Å². The molecular weight excluding hydrogens is 250 g/mol. The van der Waals surface area contributed by atoms with Crippen LogP contribution in [-0.4, -0.2) is 29.4 Å². The maximum Gasteiger partial charge on any atom is 0.233 e. The fourth-order valence-electron chi connectivity index (χ4n) is 1.98. The minimum Gasteiger partial charge on any atom is -0.326 e. The summed E-state index contributed by atoms with van der Waals surface area (Å²) in [6.07, 6.45) is 3.10. The van der Waals surface area contributed by atoms with Crippen molar-refractivity contribution in [3.05, 3.63) is 29.8 Å². The van der Waals surface area contributed by atoms with Gasteiger partial charge in [-0.3, -0.25) is 4.79 Å². The number of hydrogen-bond acceptors (Lipinski definition) is 3. The summed E-state index contributed by atoms with van der Waals surface area (Å²) < 4.78 is 0. The molecule has 1 atom stereocenters. The van der Waals surface area contributed by atoms with E-state index in [9.17, 15) is 4.79 Å². The van der Waals surface area contributed by atoms with Crippen molar-refractivity contribution >= 4 is 29.4 Å². The molecule has 2 rings (SSSR count). The predicted octanol–water partition coefficient (Wildman–Crippen LogP) is 3.39. The Bertz CT molecular complexity index is 391. The Morgan fingerprint density at radius 1 is 1.41 bits per heavy atom. The highest BCUT2D eigenvalue weighted by Gasteiger charge is 2.31. The average molecular weight is 267 g/mol. The number of benzene rings is 1. The summed E-state index contributed by atoms with van der Waals surface area (Å²) in [5.74, 6) is 0.894. The molecule has 1 unspecified atom stereocenters. The van der Waals surface area contributed by atoms with Crippen LogP contribution in [0.15, 0.2) is 29.2 Å². The summed E-state index contributed by atoms with van der Waals surface area (Å²) in [7, 11) is 0. The number of amides is 1. The molecule has 2 nitrogen and oxygen atoms in total. The molecule has 1 aromatic carbocycles. The monoisotopic (exact) mass is 267 g/mol. The topological polar surface area (TPSA) is 20.3 Å². The van der Waals surface area contributed by atoms with E-state index >= 15 is 0 Å². The minimum absolute atomic E-state index is 0.221. The fraction of sp³-hybridized carbons (Fsp3) is 0.462. The van der Waals surface area contributed by atoms with E-state index in [4.69, 9.17) is 0 Å². The molecule has 92 valence electrons. The molecule has 1 aliphatic heterocycles. The summed E-state index contributed by atoms with van der Waals surface area (Å²) in [6.45, 7) is 2.98. The molecule has 1 aliphatic rings. The molecular formula is C13H17NOS2. The van der Waals surface area contributed by atoms with Gasteiger partial charge in [0, 0.05) is 11.4 Å². The van der Waals surface area contributed by atoms with Crippen LogP contribution in [-0.2, 0) is 4.79 Å². The second-order valence-corrected chi connectivity index (χ2v) is 5.97. The first-order valence-electron chi connectivity index (χ1n) is 5.81. The highest BCUT2D eigenvalue weighted by molar-refractivity contribution is 8.00. The van der Waals surface area contributed by atoms with Gasteiger partial charge in [-0.1, -0.05) is 19.1 Å². The Kier molecular flexibility index (Phi) is 4.40. The number of nitrogens with zero attached hydrogens (tertiary/aromatic N) is 1. The Morgan fingerprint density at radius 2 is 2.12 bits per heavy atom. The quantitative estimate of drug-likeness (QED) is 0.780. The molecule has 0 saturated carbocycles. The zero-order valence-corrected chi connectivity index (χ0v) is 11.8. The molecule has 0 aliphatic carbocycles. The van der Waals surface area contributed by atoms with Crippen LogP contribution in [0.3, 0.4) is 0 Å². The van der Waals surface area contributed by atoms with Crippen molar-refractivity contribution in [1.29, 1.82) is 0 Å². The maximum absolute atomic E-state index is 11.8. The smallest absolute Gasteiger partial charge is 0.233 e. The summed E-state index contributed by atoms with van der Waals surface area (Å²) >= 11 is 3.48. The van der Waals surface area contributed by atoms with Crippen LogP contribution in [0.1, 0.15) is 24.3 Å². The van der Waals surface area contributed by atoms with E-state index in [1.165, 1.54) is 10.5 Å². The van der Waals surface area contributed by atoms with Crippen molar-refractivity contribution in [2.75, 3.05) is 18.6 Å². The lowest BCUT2D eigenvalue weighted by molar-refractivity contribution is -0.128. The highest BCUT2D eigenvalue weighted by Crippen LogP contribution is 2.38. The van der Waals surface area contributed by atoms with Crippen LogP contribution in [0.4, 0.5) is 0 Å². The average Bonchev–Trinajstić information content (AvgIpc) is 2.72. The number of carbonyl (C=O) groups is 1. The zero-order valence-electron chi connectivity index (χ0n) is 10.2. The van der Waals surface area contributed by atoms with E-state index in [1.54, 1.807) is 23.5 Å². The Morgan fingerprint density at radius 3 is 2.71 bits per heavy atom.